The van der Waals surface area contributed by atoms with Crippen LogP contribution in [0.4, 0.5) is 0 Å². The summed E-state index contributed by atoms with van der Waals surface area (Å²) in [5, 5.41) is 13.8. The number of esters is 1. The quantitative estimate of drug-likeness (QED) is 0.724. The van der Waals surface area contributed by atoms with E-state index in [1.54, 1.807) is 14.0 Å². The minimum atomic E-state index is -0.638. The van der Waals surface area contributed by atoms with Crippen LogP contribution in [0.25, 0.3) is 11.0 Å². The molecule has 0 atom stereocenters. The van der Waals surface area contributed by atoms with Crippen molar-refractivity contribution >= 4 is 17.0 Å². The zero-order chi connectivity index (χ0) is 12.6. The number of aryl methyl sites for hydroxylation is 1. The highest BCUT2D eigenvalue weighted by Gasteiger charge is 2.20. The third kappa shape index (κ3) is 1.75. The standard InChI is InChI=1S/C10H11N3O4/c1-3-17-10(16)8-7-5(14)4-6(15)11-9(7)13(2)12-8/h4H,3H2,1-2H3,(H2,11,14,15). The molecule has 2 rings (SSSR count). The zero-order valence-corrected chi connectivity index (χ0v) is 9.35. The summed E-state index contributed by atoms with van der Waals surface area (Å²) < 4.78 is 6.12. The van der Waals surface area contributed by atoms with E-state index in [0.29, 0.717) is 0 Å². The number of aromatic nitrogens is 3. The molecule has 2 N–H and O–H groups in total. The Morgan fingerprint density at radius 2 is 2.35 bits per heavy atom. The van der Waals surface area contributed by atoms with E-state index in [4.69, 9.17) is 4.74 Å². The van der Waals surface area contributed by atoms with Gasteiger partial charge in [-0.05, 0) is 6.92 Å². The molecule has 2 aromatic heterocycles. The number of carbonyl (C=O) groups is 1. The number of fused-ring (bicyclic) bond motifs is 1. The first-order valence-corrected chi connectivity index (χ1v) is 5.00. The topological polar surface area (TPSA) is 97.2 Å². The number of hydrogen-bond donors (Lipinski definition) is 2. The van der Waals surface area contributed by atoms with Crippen LogP contribution in [0.5, 0.6) is 5.75 Å². The molecular formula is C10H11N3O4. The second kappa shape index (κ2) is 3.93. The van der Waals surface area contributed by atoms with Crippen molar-refractivity contribution in [3.63, 3.8) is 0 Å². The first-order chi connectivity index (χ1) is 8.04. The van der Waals surface area contributed by atoms with Crippen LogP contribution >= 0.6 is 0 Å². The normalized spacial score (nSPS) is 10.7. The number of H-pyrrole nitrogens is 1. The molecule has 0 spiro atoms. The molecule has 0 fully saturated rings. The zero-order valence-electron chi connectivity index (χ0n) is 9.35. The van der Waals surface area contributed by atoms with Crippen molar-refractivity contribution in [3.05, 3.63) is 22.1 Å². The van der Waals surface area contributed by atoms with Gasteiger partial charge in [-0.2, -0.15) is 5.10 Å². The molecule has 90 valence electrons. The van der Waals surface area contributed by atoms with E-state index in [-0.39, 0.29) is 29.1 Å². The predicted octanol–water partition coefficient (Wildman–Crippen LogP) is 0.144. The van der Waals surface area contributed by atoms with Gasteiger partial charge in [0.25, 0.3) is 5.56 Å². The van der Waals surface area contributed by atoms with Crippen molar-refractivity contribution in [2.45, 2.75) is 6.92 Å². The van der Waals surface area contributed by atoms with E-state index in [0.717, 1.165) is 6.07 Å². The monoisotopic (exact) mass is 237 g/mol. The van der Waals surface area contributed by atoms with Crippen LogP contribution in [-0.2, 0) is 11.8 Å². The number of ether oxygens (including phenoxy) is 1. The van der Waals surface area contributed by atoms with Gasteiger partial charge < -0.3 is 14.8 Å². The van der Waals surface area contributed by atoms with Gasteiger partial charge in [-0.25, -0.2) is 4.79 Å². The lowest BCUT2D eigenvalue weighted by atomic mass is 10.2. The van der Waals surface area contributed by atoms with Gasteiger partial charge in [-0.15, -0.1) is 0 Å². The number of carbonyl (C=O) groups excluding carboxylic acids is 1. The number of aromatic amines is 1. The highest BCUT2D eigenvalue weighted by Crippen LogP contribution is 2.24. The smallest absolute Gasteiger partial charge is 0.359 e. The number of hydrogen-bond acceptors (Lipinski definition) is 5. The Labute approximate surface area is 95.6 Å². The Balaban J connectivity index is 2.74. The maximum absolute atomic E-state index is 11.6. The van der Waals surface area contributed by atoms with E-state index in [1.165, 1.54) is 4.68 Å². The Morgan fingerprint density at radius 1 is 1.65 bits per heavy atom. The number of pyridine rings is 1. The SMILES string of the molecule is CCOC(=O)c1nn(C)c2[nH]c(=O)cc(O)c12. The Morgan fingerprint density at radius 3 is 3.00 bits per heavy atom. The number of rotatable bonds is 2. The predicted molar refractivity (Wildman–Crippen MR) is 59.0 cm³/mol. The third-order valence-electron chi connectivity index (χ3n) is 2.28. The average molecular weight is 237 g/mol. The van der Waals surface area contributed by atoms with Gasteiger partial charge in [0.1, 0.15) is 11.4 Å². The molecule has 17 heavy (non-hydrogen) atoms. The van der Waals surface area contributed by atoms with Crippen LogP contribution < -0.4 is 5.56 Å². The molecule has 0 unspecified atom stereocenters. The van der Waals surface area contributed by atoms with Crippen molar-refractivity contribution in [2.24, 2.45) is 7.05 Å². The van der Waals surface area contributed by atoms with Crippen molar-refractivity contribution in [3.8, 4) is 5.75 Å². The van der Waals surface area contributed by atoms with Crippen molar-refractivity contribution < 1.29 is 14.6 Å². The van der Waals surface area contributed by atoms with E-state index in [1.807, 2.05) is 0 Å². The summed E-state index contributed by atoms with van der Waals surface area (Å²) in [5.41, 5.74) is -0.204. The second-order valence-electron chi connectivity index (χ2n) is 3.44. The maximum Gasteiger partial charge on any atom is 0.359 e. The summed E-state index contributed by atoms with van der Waals surface area (Å²) in [4.78, 5) is 25.3. The number of aromatic hydroxyl groups is 1. The summed E-state index contributed by atoms with van der Waals surface area (Å²) in [6.45, 7) is 1.88. The summed E-state index contributed by atoms with van der Waals surface area (Å²) in [6, 6.07) is 0.993. The van der Waals surface area contributed by atoms with Gasteiger partial charge >= 0.3 is 5.97 Å². The van der Waals surface area contributed by atoms with Gasteiger partial charge in [-0.3, -0.25) is 9.48 Å². The molecule has 0 amide bonds. The highest BCUT2D eigenvalue weighted by atomic mass is 16.5. The van der Waals surface area contributed by atoms with Gasteiger partial charge in [0.2, 0.25) is 0 Å². The third-order valence-corrected chi connectivity index (χ3v) is 2.28. The van der Waals surface area contributed by atoms with E-state index < -0.39 is 11.5 Å². The molecule has 0 bridgehead atoms. The molecule has 0 saturated heterocycles. The molecule has 0 saturated carbocycles. The van der Waals surface area contributed by atoms with Crippen molar-refractivity contribution in [1.82, 2.24) is 14.8 Å². The van der Waals surface area contributed by atoms with Gasteiger partial charge in [0, 0.05) is 13.1 Å². The summed E-state index contributed by atoms with van der Waals surface area (Å²) >= 11 is 0. The number of nitrogens with zero attached hydrogens (tertiary/aromatic N) is 2. The first kappa shape index (κ1) is 11.2. The molecule has 7 nitrogen and oxygen atoms in total. The van der Waals surface area contributed by atoms with Crippen LogP contribution in [0, 0.1) is 0 Å². The molecular weight excluding hydrogens is 226 g/mol. The summed E-state index contributed by atoms with van der Waals surface area (Å²) in [6.07, 6.45) is 0. The fraction of sp³-hybridized carbons (Fsp3) is 0.300. The van der Waals surface area contributed by atoms with E-state index in [2.05, 4.69) is 10.1 Å². The molecule has 2 heterocycles. The Hall–Kier alpha value is -2.31. The molecule has 0 aliphatic rings. The fourth-order valence-electron chi connectivity index (χ4n) is 1.60. The van der Waals surface area contributed by atoms with Gasteiger partial charge in [0.15, 0.2) is 5.69 Å². The summed E-state index contributed by atoms with van der Waals surface area (Å²) in [7, 11) is 1.56. The lowest BCUT2D eigenvalue weighted by molar-refractivity contribution is 0.0520. The van der Waals surface area contributed by atoms with Crippen LogP contribution in [0.15, 0.2) is 10.9 Å². The van der Waals surface area contributed by atoms with Crippen LogP contribution in [-0.4, -0.2) is 32.4 Å². The molecule has 7 heteroatoms. The molecule has 0 aliphatic carbocycles. The average Bonchev–Trinajstić information content (AvgIpc) is 2.57. The Bertz CT molecular complexity index is 641. The Kier molecular flexibility index (Phi) is 2.58. The lowest BCUT2D eigenvalue weighted by Crippen LogP contribution is -2.07. The molecule has 0 aromatic carbocycles. The lowest BCUT2D eigenvalue weighted by Gasteiger charge is -1.99. The fourth-order valence-corrected chi connectivity index (χ4v) is 1.60. The van der Waals surface area contributed by atoms with E-state index in [9.17, 15) is 14.7 Å². The minimum Gasteiger partial charge on any atom is -0.507 e. The first-order valence-electron chi connectivity index (χ1n) is 5.00. The number of nitrogens with one attached hydrogen (secondary N) is 1. The van der Waals surface area contributed by atoms with Crippen LogP contribution in [0.1, 0.15) is 17.4 Å². The molecule has 2 aromatic rings. The van der Waals surface area contributed by atoms with Gasteiger partial charge in [-0.1, -0.05) is 0 Å². The van der Waals surface area contributed by atoms with Crippen molar-refractivity contribution in [1.29, 1.82) is 0 Å². The highest BCUT2D eigenvalue weighted by molar-refractivity contribution is 6.03. The molecule has 0 radical (unpaired) electrons. The van der Waals surface area contributed by atoms with Gasteiger partial charge in [0.05, 0.1) is 12.0 Å². The second-order valence-corrected chi connectivity index (χ2v) is 3.44. The van der Waals surface area contributed by atoms with Crippen molar-refractivity contribution in [2.75, 3.05) is 6.61 Å². The largest absolute Gasteiger partial charge is 0.507 e. The molecule has 0 aliphatic heterocycles. The van der Waals surface area contributed by atoms with Crippen LogP contribution in [0.2, 0.25) is 0 Å². The maximum atomic E-state index is 11.6. The van der Waals surface area contributed by atoms with E-state index >= 15 is 0 Å². The summed E-state index contributed by atoms with van der Waals surface area (Å²) in [5.74, 6) is -0.930. The minimum absolute atomic E-state index is 0.0156. The van der Waals surface area contributed by atoms with Crippen LogP contribution in [0.3, 0.4) is 0 Å².